The zero-order valence-corrected chi connectivity index (χ0v) is 13.2. The van der Waals surface area contributed by atoms with Crippen molar-refractivity contribution in [3.63, 3.8) is 0 Å². The molecule has 2 amide bonds. The van der Waals surface area contributed by atoms with E-state index in [0.29, 0.717) is 0 Å². The molecule has 26 heavy (non-hydrogen) atoms. The number of hydrogen-bond donors (Lipinski definition) is 2. The van der Waals surface area contributed by atoms with E-state index in [4.69, 9.17) is 11.0 Å². The minimum atomic E-state index is -5.12. The predicted molar refractivity (Wildman–Crippen MR) is 76.3 cm³/mol. The molecule has 1 aromatic carbocycles. The van der Waals surface area contributed by atoms with Crippen LogP contribution in [0, 0.1) is 17.2 Å². The van der Waals surface area contributed by atoms with Crippen molar-refractivity contribution in [3.05, 3.63) is 34.9 Å². The number of benzene rings is 1. The number of rotatable bonds is 5. The maximum absolute atomic E-state index is 12.8. The Morgan fingerprint density at radius 2 is 1.58 bits per heavy atom. The maximum atomic E-state index is 12.8. The molecule has 0 spiro atoms. The Kier molecular flexibility index (Phi) is 6.25. The van der Waals surface area contributed by atoms with Crippen LogP contribution in [0.25, 0.3) is 0 Å². The minimum Gasteiger partial charge on any atom is -0.368 e. The van der Waals surface area contributed by atoms with Gasteiger partial charge in [0.15, 0.2) is 0 Å². The zero-order chi connectivity index (χ0) is 20.3. The quantitative estimate of drug-likeness (QED) is 0.768. The van der Waals surface area contributed by atoms with Crippen molar-refractivity contribution < 1.29 is 35.9 Å². The summed E-state index contributed by atoms with van der Waals surface area (Å²) in [5.74, 6) is -3.23. The average Bonchev–Trinajstić information content (AvgIpc) is 2.50. The normalized spacial score (nSPS) is 14.2. The third-order valence-electron chi connectivity index (χ3n) is 3.43. The van der Waals surface area contributed by atoms with Gasteiger partial charge in [0.1, 0.15) is 6.04 Å². The molecule has 3 N–H and O–H groups in total. The highest BCUT2D eigenvalue weighted by Gasteiger charge is 2.38. The van der Waals surface area contributed by atoms with Crippen LogP contribution in [0.2, 0.25) is 0 Å². The van der Waals surface area contributed by atoms with Gasteiger partial charge < -0.3 is 11.1 Å². The number of hydrogen-bond acceptors (Lipinski definition) is 3. The van der Waals surface area contributed by atoms with Crippen LogP contribution in [0.5, 0.6) is 0 Å². The highest BCUT2D eigenvalue weighted by Crippen LogP contribution is 2.36. The van der Waals surface area contributed by atoms with Gasteiger partial charge in [-0.15, -0.1) is 0 Å². The van der Waals surface area contributed by atoms with Gasteiger partial charge in [0, 0.05) is 12.0 Å². The van der Waals surface area contributed by atoms with Crippen LogP contribution >= 0.6 is 0 Å². The SMILES string of the molecule is C[C@@H](CC#N)[C@H](NC(=O)c1cc(C(F)(F)F)cc(C(F)(F)F)c1)C(N)=O. The molecule has 0 aromatic heterocycles. The van der Waals surface area contributed by atoms with Gasteiger partial charge in [-0.3, -0.25) is 9.59 Å². The van der Waals surface area contributed by atoms with Crippen molar-refractivity contribution in [3.8, 4) is 6.07 Å². The third kappa shape index (κ3) is 5.37. The third-order valence-corrected chi connectivity index (χ3v) is 3.43. The molecule has 2 atom stereocenters. The summed E-state index contributed by atoms with van der Waals surface area (Å²) in [7, 11) is 0. The topological polar surface area (TPSA) is 96.0 Å². The molecule has 0 aliphatic rings. The molecule has 0 radical (unpaired) electrons. The van der Waals surface area contributed by atoms with Crippen molar-refractivity contribution in [1.82, 2.24) is 5.32 Å². The van der Waals surface area contributed by atoms with Crippen molar-refractivity contribution in [1.29, 1.82) is 5.26 Å². The molecule has 0 bridgehead atoms. The molecule has 142 valence electrons. The van der Waals surface area contributed by atoms with Gasteiger partial charge in [0.05, 0.1) is 17.2 Å². The van der Waals surface area contributed by atoms with E-state index in [1.54, 1.807) is 6.07 Å². The summed E-state index contributed by atoms with van der Waals surface area (Å²) < 4.78 is 76.9. The van der Waals surface area contributed by atoms with E-state index < -0.39 is 52.8 Å². The van der Waals surface area contributed by atoms with E-state index in [1.165, 1.54) is 6.92 Å². The molecule has 0 saturated carbocycles. The summed E-state index contributed by atoms with van der Waals surface area (Å²) in [4.78, 5) is 23.5. The Hall–Kier alpha value is -2.77. The molecular formula is C15H13F6N3O2. The van der Waals surface area contributed by atoms with E-state index in [1.807, 2.05) is 5.32 Å². The molecule has 1 rings (SSSR count). The zero-order valence-electron chi connectivity index (χ0n) is 13.2. The molecule has 11 heteroatoms. The van der Waals surface area contributed by atoms with Crippen LogP contribution in [0.4, 0.5) is 26.3 Å². The lowest BCUT2D eigenvalue weighted by atomic mass is 9.97. The average molecular weight is 381 g/mol. The molecule has 1 aromatic rings. The fourth-order valence-electron chi connectivity index (χ4n) is 2.07. The number of alkyl halides is 6. The van der Waals surface area contributed by atoms with Crippen LogP contribution in [0.3, 0.4) is 0 Å². The second-order valence-electron chi connectivity index (χ2n) is 5.49. The Balaban J connectivity index is 3.30. The first kappa shape index (κ1) is 21.3. The second kappa shape index (κ2) is 7.63. The fourth-order valence-corrected chi connectivity index (χ4v) is 2.07. The Labute approximate surface area is 143 Å². The summed E-state index contributed by atoms with van der Waals surface area (Å²) in [6.07, 6.45) is -10.5. The lowest BCUT2D eigenvalue weighted by Crippen LogP contribution is -2.48. The molecule has 0 unspecified atom stereocenters. The van der Waals surface area contributed by atoms with Crippen molar-refractivity contribution >= 4 is 11.8 Å². The summed E-state index contributed by atoms with van der Waals surface area (Å²) >= 11 is 0. The number of carbonyl (C=O) groups is 2. The van der Waals surface area contributed by atoms with Crippen LogP contribution in [0.15, 0.2) is 18.2 Å². The standard InChI is InChI=1S/C15H13F6N3O2/c1-7(2-3-22)11(12(23)25)24-13(26)8-4-9(14(16,17)18)6-10(5-8)15(19,20)21/h4-7,11H,2H2,1H3,(H2,23,25)(H,24,26)/t7-,11-/m0/s1. The maximum Gasteiger partial charge on any atom is 0.416 e. The molecule has 0 aliphatic heterocycles. The summed E-state index contributed by atoms with van der Waals surface area (Å²) in [5.41, 5.74) is 0.791. The summed E-state index contributed by atoms with van der Waals surface area (Å²) in [5, 5.41) is 10.6. The van der Waals surface area contributed by atoms with Crippen LogP contribution in [-0.2, 0) is 17.1 Å². The number of amides is 2. The second-order valence-corrected chi connectivity index (χ2v) is 5.49. The molecular weight excluding hydrogens is 368 g/mol. The van der Waals surface area contributed by atoms with Gasteiger partial charge in [-0.1, -0.05) is 6.92 Å². The van der Waals surface area contributed by atoms with Crippen LogP contribution in [-0.4, -0.2) is 17.9 Å². The Bertz CT molecular complexity index is 704. The van der Waals surface area contributed by atoms with Gasteiger partial charge in [-0.2, -0.15) is 31.6 Å². The van der Waals surface area contributed by atoms with Gasteiger partial charge in [0.2, 0.25) is 5.91 Å². The van der Waals surface area contributed by atoms with Crippen molar-refractivity contribution in [2.45, 2.75) is 31.7 Å². The van der Waals surface area contributed by atoms with E-state index in [-0.39, 0.29) is 24.6 Å². The fraction of sp³-hybridized carbons (Fsp3) is 0.400. The Morgan fingerprint density at radius 3 is 1.92 bits per heavy atom. The van der Waals surface area contributed by atoms with E-state index >= 15 is 0 Å². The first-order valence-corrected chi connectivity index (χ1v) is 7.04. The minimum absolute atomic E-state index is 0.124. The van der Waals surface area contributed by atoms with Crippen LogP contribution in [0.1, 0.15) is 34.8 Å². The number of primary amides is 1. The number of halogens is 6. The lowest BCUT2D eigenvalue weighted by molar-refractivity contribution is -0.143. The summed E-state index contributed by atoms with van der Waals surface area (Å²) in [6.45, 7) is 1.37. The molecule has 0 saturated heterocycles. The number of carbonyl (C=O) groups excluding carboxylic acids is 2. The van der Waals surface area contributed by atoms with E-state index in [2.05, 4.69) is 0 Å². The predicted octanol–water partition coefficient (Wildman–Crippen LogP) is 2.86. The number of nitrogens with one attached hydrogen (secondary N) is 1. The molecule has 0 heterocycles. The van der Waals surface area contributed by atoms with Gasteiger partial charge in [0.25, 0.3) is 5.91 Å². The molecule has 0 aliphatic carbocycles. The highest BCUT2D eigenvalue weighted by atomic mass is 19.4. The van der Waals surface area contributed by atoms with Gasteiger partial charge >= 0.3 is 12.4 Å². The van der Waals surface area contributed by atoms with E-state index in [9.17, 15) is 35.9 Å². The van der Waals surface area contributed by atoms with Crippen molar-refractivity contribution in [2.75, 3.05) is 0 Å². The number of nitrogens with two attached hydrogens (primary N) is 1. The van der Waals surface area contributed by atoms with Crippen LogP contribution < -0.4 is 11.1 Å². The largest absolute Gasteiger partial charge is 0.416 e. The number of nitriles is 1. The smallest absolute Gasteiger partial charge is 0.368 e. The first-order chi connectivity index (χ1) is 11.8. The van der Waals surface area contributed by atoms with Gasteiger partial charge in [-0.05, 0) is 24.1 Å². The van der Waals surface area contributed by atoms with Gasteiger partial charge in [-0.25, -0.2) is 0 Å². The number of nitrogens with zero attached hydrogens (tertiary/aromatic N) is 1. The first-order valence-electron chi connectivity index (χ1n) is 7.04. The Morgan fingerprint density at radius 1 is 1.12 bits per heavy atom. The molecule has 5 nitrogen and oxygen atoms in total. The molecule has 0 fully saturated rings. The summed E-state index contributed by atoms with van der Waals surface area (Å²) in [6, 6.07) is 0.621. The lowest BCUT2D eigenvalue weighted by Gasteiger charge is -2.21. The highest BCUT2D eigenvalue weighted by molar-refractivity contribution is 5.97. The van der Waals surface area contributed by atoms with Crippen molar-refractivity contribution in [2.24, 2.45) is 11.7 Å². The monoisotopic (exact) mass is 381 g/mol. The van der Waals surface area contributed by atoms with E-state index in [0.717, 1.165) is 0 Å².